The van der Waals surface area contributed by atoms with Gasteiger partial charge in [0.25, 0.3) is 0 Å². The van der Waals surface area contributed by atoms with Crippen LogP contribution in [0.25, 0.3) is 0 Å². The first kappa shape index (κ1) is 7.81. The first-order valence-corrected chi connectivity index (χ1v) is 2.75. The van der Waals surface area contributed by atoms with Crippen LogP contribution < -0.4 is 0 Å². The van der Waals surface area contributed by atoms with Gasteiger partial charge < -0.3 is 4.74 Å². The van der Waals surface area contributed by atoms with E-state index in [1.54, 1.807) is 0 Å². The van der Waals surface area contributed by atoms with E-state index in [0.717, 1.165) is 6.92 Å². The zero-order valence-electron chi connectivity index (χ0n) is 5.36. The zero-order chi connectivity index (χ0) is 7.83. The van der Waals surface area contributed by atoms with E-state index in [1.165, 1.54) is 0 Å². The Kier molecular flexibility index (Phi) is 1.64. The first-order chi connectivity index (χ1) is 4.47. The molecule has 1 fully saturated rings. The van der Waals surface area contributed by atoms with Crippen LogP contribution in [0, 0.1) is 0 Å². The third-order valence-electron chi connectivity index (χ3n) is 1.15. The lowest BCUT2D eigenvalue weighted by Gasteiger charge is -2.17. The highest BCUT2D eigenvalue weighted by Gasteiger charge is 2.49. The molecule has 0 aromatic rings. The SMILES string of the molecule is CC1(CF)OCC(F)(F)O1. The number of ether oxygens (including phenoxy) is 2. The van der Waals surface area contributed by atoms with Crippen LogP contribution >= 0.6 is 0 Å². The summed E-state index contributed by atoms with van der Waals surface area (Å²) in [5.41, 5.74) is 0. The van der Waals surface area contributed by atoms with Gasteiger partial charge in [0.15, 0.2) is 0 Å². The van der Waals surface area contributed by atoms with E-state index in [9.17, 15) is 13.2 Å². The van der Waals surface area contributed by atoms with Crippen molar-refractivity contribution < 1.29 is 22.6 Å². The zero-order valence-corrected chi connectivity index (χ0v) is 5.36. The van der Waals surface area contributed by atoms with E-state index >= 15 is 0 Å². The molecular weight excluding hydrogens is 149 g/mol. The van der Waals surface area contributed by atoms with Crippen molar-refractivity contribution in [3.63, 3.8) is 0 Å². The summed E-state index contributed by atoms with van der Waals surface area (Å²) in [6, 6.07) is 0. The predicted octanol–water partition coefficient (Wildman–Crippen LogP) is 1.31. The van der Waals surface area contributed by atoms with Gasteiger partial charge in [-0.3, -0.25) is 4.74 Å². The van der Waals surface area contributed by atoms with Gasteiger partial charge in [0.1, 0.15) is 13.3 Å². The van der Waals surface area contributed by atoms with Crippen LogP contribution in [-0.4, -0.2) is 25.2 Å². The van der Waals surface area contributed by atoms with Gasteiger partial charge in [0.05, 0.1) is 0 Å². The van der Waals surface area contributed by atoms with Crippen molar-refractivity contribution in [2.45, 2.75) is 18.8 Å². The summed E-state index contributed by atoms with van der Waals surface area (Å²) in [5, 5.41) is 0. The monoisotopic (exact) mass is 156 g/mol. The van der Waals surface area contributed by atoms with E-state index < -0.39 is 25.2 Å². The maximum atomic E-state index is 12.1. The van der Waals surface area contributed by atoms with Gasteiger partial charge in [-0.25, -0.2) is 4.39 Å². The number of rotatable bonds is 1. The Morgan fingerprint density at radius 2 is 2.10 bits per heavy atom. The second-order valence-corrected chi connectivity index (χ2v) is 2.30. The number of alkyl halides is 3. The molecule has 0 aromatic carbocycles. The summed E-state index contributed by atoms with van der Waals surface area (Å²) in [6.45, 7) is -0.802. The van der Waals surface area contributed by atoms with Crippen LogP contribution in [0.4, 0.5) is 13.2 Å². The predicted molar refractivity (Wildman–Crippen MR) is 26.4 cm³/mol. The van der Waals surface area contributed by atoms with Crippen molar-refractivity contribution in [3.8, 4) is 0 Å². The standard InChI is InChI=1S/C5H7F3O2/c1-4(2-6)9-3-5(7,8)10-4/h2-3H2,1H3. The van der Waals surface area contributed by atoms with E-state index in [2.05, 4.69) is 9.47 Å². The molecule has 1 unspecified atom stereocenters. The number of hydrogen-bond acceptors (Lipinski definition) is 2. The molecule has 1 rings (SSSR count). The molecule has 0 radical (unpaired) electrons. The van der Waals surface area contributed by atoms with Gasteiger partial charge in [-0.1, -0.05) is 0 Å². The summed E-state index contributed by atoms with van der Waals surface area (Å²) in [6.07, 6.45) is -3.33. The van der Waals surface area contributed by atoms with Crippen molar-refractivity contribution in [1.82, 2.24) is 0 Å². The molecule has 0 amide bonds. The summed E-state index contributed by atoms with van der Waals surface area (Å²) in [4.78, 5) is 0. The molecule has 0 N–H and O–H groups in total. The fraction of sp³-hybridized carbons (Fsp3) is 1.00. The van der Waals surface area contributed by atoms with Gasteiger partial charge in [-0.15, -0.1) is 0 Å². The van der Waals surface area contributed by atoms with Crippen molar-refractivity contribution in [1.29, 1.82) is 0 Å². The lowest BCUT2D eigenvalue weighted by atomic mass is 10.4. The first-order valence-electron chi connectivity index (χ1n) is 2.75. The molecule has 0 aromatic heterocycles. The van der Waals surface area contributed by atoms with Crippen LogP contribution in [0.1, 0.15) is 6.92 Å². The molecule has 5 heteroatoms. The molecule has 0 spiro atoms. The fourth-order valence-electron chi connectivity index (χ4n) is 0.677. The Balaban J connectivity index is 2.57. The highest BCUT2D eigenvalue weighted by Crippen LogP contribution is 2.33. The third-order valence-corrected chi connectivity index (χ3v) is 1.15. The quantitative estimate of drug-likeness (QED) is 0.569. The van der Waals surface area contributed by atoms with Gasteiger partial charge in [0, 0.05) is 0 Å². The second kappa shape index (κ2) is 2.10. The molecule has 1 atom stereocenters. The highest BCUT2D eigenvalue weighted by molar-refractivity contribution is 4.72. The summed E-state index contributed by atoms with van der Waals surface area (Å²) < 4.78 is 44.4. The van der Waals surface area contributed by atoms with Crippen LogP contribution in [0.2, 0.25) is 0 Å². The van der Waals surface area contributed by atoms with Crippen molar-refractivity contribution in [3.05, 3.63) is 0 Å². The minimum Gasteiger partial charge on any atom is -0.338 e. The van der Waals surface area contributed by atoms with Crippen molar-refractivity contribution in [2.75, 3.05) is 13.3 Å². The molecule has 2 nitrogen and oxygen atoms in total. The summed E-state index contributed by atoms with van der Waals surface area (Å²) in [7, 11) is 0. The summed E-state index contributed by atoms with van der Waals surface area (Å²) in [5.74, 6) is -1.75. The number of hydrogen-bond donors (Lipinski definition) is 0. The Hall–Kier alpha value is -0.290. The Morgan fingerprint density at radius 3 is 2.30 bits per heavy atom. The fourth-order valence-corrected chi connectivity index (χ4v) is 0.677. The maximum Gasteiger partial charge on any atom is 0.381 e. The minimum atomic E-state index is -3.33. The minimum absolute atomic E-state index is 0.868. The molecule has 0 saturated carbocycles. The van der Waals surface area contributed by atoms with E-state index in [0.29, 0.717) is 0 Å². The molecule has 60 valence electrons. The van der Waals surface area contributed by atoms with Crippen LogP contribution in [0.3, 0.4) is 0 Å². The molecule has 1 aliphatic rings. The second-order valence-electron chi connectivity index (χ2n) is 2.30. The van der Waals surface area contributed by atoms with E-state index in [4.69, 9.17) is 0 Å². The number of halogens is 3. The van der Waals surface area contributed by atoms with Crippen LogP contribution in [0.15, 0.2) is 0 Å². The topological polar surface area (TPSA) is 18.5 Å². The Bertz CT molecular complexity index is 139. The Morgan fingerprint density at radius 1 is 1.50 bits per heavy atom. The summed E-state index contributed by atoms with van der Waals surface area (Å²) >= 11 is 0. The molecule has 1 aliphatic heterocycles. The lowest BCUT2D eigenvalue weighted by molar-refractivity contribution is -0.264. The molecule has 1 saturated heterocycles. The van der Waals surface area contributed by atoms with E-state index in [-0.39, 0.29) is 0 Å². The molecule has 0 bridgehead atoms. The van der Waals surface area contributed by atoms with Gasteiger partial charge >= 0.3 is 6.11 Å². The molecule has 1 heterocycles. The average Bonchev–Trinajstić information content (AvgIpc) is 2.08. The van der Waals surface area contributed by atoms with Gasteiger partial charge in [0.2, 0.25) is 5.79 Å². The average molecular weight is 156 g/mol. The normalized spacial score (nSPS) is 38.4. The lowest BCUT2D eigenvalue weighted by Crippen LogP contribution is -2.30. The Labute approximate surface area is 55.9 Å². The van der Waals surface area contributed by atoms with Gasteiger partial charge in [-0.05, 0) is 6.92 Å². The van der Waals surface area contributed by atoms with Crippen molar-refractivity contribution >= 4 is 0 Å². The smallest absolute Gasteiger partial charge is 0.338 e. The highest BCUT2D eigenvalue weighted by atomic mass is 19.3. The van der Waals surface area contributed by atoms with E-state index in [1.807, 2.05) is 0 Å². The molecule has 10 heavy (non-hydrogen) atoms. The van der Waals surface area contributed by atoms with Crippen LogP contribution in [0.5, 0.6) is 0 Å². The van der Waals surface area contributed by atoms with Crippen LogP contribution in [-0.2, 0) is 9.47 Å². The molecule has 0 aliphatic carbocycles. The third kappa shape index (κ3) is 1.41. The van der Waals surface area contributed by atoms with Crippen molar-refractivity contribution in [2.24, 2.45) is 0 Å². The largest absolute Gasteiger partial charge is 0.381 e. The van der Waals surface area contributed by atoms with Gasteiger partial charge in [-0.2, -0.15) is 8.78 Å². The molecular formula is C5H7F3O2. The maximum absolute atomic E-state index is 12.1.